The van der Waals surface area contributed by atoms with E-state index in [1.54, 1.807) is 6.33 Å². The molecule has 1 aliphatic rings. The van der Waals surface area contributed by atoms with Crippen LogP contribution in [0.4, 0.5) is 0 Å². The predicted molar refractivity (Wildman–Crippen MR) is 82.1 cm³/mol. The number of nitrogens with zero attached hydrogens (tertiary/aromatic N) is 4. The zero-order valence-corrected chi connectivity index (χ0v) is 13.0. The molecule has 0 spiro atoms. The number of hydrogen-bond acceptors (Lipinski definition) is 4. The molecule has 0 saturated carbocycles. The Hall–Kier alpha value is -1.43. The van der Waals surface area contributed by atoms with E-state index in [0.29, 0.717) is 11.7 Å². The van der Waals surface area contributed by atoms with Gasteiger partial charge in [-0.3, -0.25) is 4.90 Å². The quantitative estimate of drug-likeness (QED) is 0.874. The maximum absolute atomic E-state index is 6.26. The van der Waals surface area contributed by atoms with Crippen LogP contribution in [0.1, 0.15) is 13.8 Å². The van der Waals surface area contributed by atoms with E-state index in [0.717, 1.165) is 24.5 Å². The average molecular weight is 307 g/mol. The summed E-state index contributed by atoms with van der Waals surface area (Å²) in [5, 5.41) is 5.03. The van der Waals surface area contributed by atoms with E-state index in [-0.39, 0.29) is 12.2 Å². The Labute approximate surface area is 129 Å². The molecule has 2 atom stereocenters. The summed E-state index contributed by atoms with van der Waals surface area (Å²) in [5.74, 6) is 0.799. The van der Waals surface area contributed by atoms with E-state index in [1.807, 2.05) is 28.9 Å². The third kappa shape index (κ3) is 3.26. The van der Waals surface area contributed by atoms with Gasteiger partial charge in [-0.1, -0.05) is 23.7 Å². The lowest BCUT2D eigenvalue weighted by molar-refractivity contribution is -0.0774. The lowest BCUT2D eigenvalue weighted by atomic mass is 10.2. The Balaban J connectivity index is 1.82. The number of benzene rings is 1. The van der Waals surface area contributed by atoms with Crippen LogP contribution in [0.25, 0.3) is 11.4 Å². The molecule has 0 N–H and O–H groups in total. The Morgan fingerprint density at radius 3 is 2.67 bits per heavy atom. The van der Waals surface area contributed by atoms with Gasteiger partial charge in [-0.25, -0.2) is 9.67 Å². The van der Waals surface area contributed by atoms with E-state index < -0.39 is 0 Å². The van der Waals surface area contributed by atoms with Crippen molar-refractivity contribution >= 4 is 11.6 Å². The van der Waals surface area contributed by atoms with E-state index in [4.69, 9.17) is 16.3 Å². The fraction of sp³-hybridized carbons (Fsp3) is 0.467. The van der Waals surface area contributed by atoms with Crippen LogP contribution in [0.2, 0.25) is 5.02 Å². The Bertz CT molecular complexity index is 605. The average Bonchev–Trinajstić information content (AvgIpc) is 2.86. The van der Waals surface area contributed by atoms with E-state index in [1.165, 1.54) is 0 Å². The number of ether oxygens (including phenoxy) is 1. The summed E-state index contributed by atoms with van der Waals surface area (Å²) in [7, 11) is 0. The maximum Gasteiger partial charge on any atom is 0.160 e. The van der Waals surface area contributed by atoms with Crippen LogP contribution in [0, 0.1) is 0 Å². The summed E-state index contributed by atoms with van der Waals surface area (Å²) in [6.45, 7) is 6.68. The Kier molecular flexibility index (Phi) is 4.24. The molecule has 1 aliphatic heterocycles. The smallest absolute Gasteiger partial charge is 0.160 e. The first-order valence-corrected chi connectivity index (χ1v) is 7.52. The van der Waals surface area contributed by atoms with E-state index in [2.05, 4.69) is 28.8 Å². The largest absolute Gasteiger partial charge is 0.373 e. The van der Waals surface area contributed by atoms with Gasteiger partial charge in [0.15, 0.2) is 5.82 Å². The molecule has 0 bridgehead atoms. The van der Waals surface area contributed by atoms with Gasteiger partial charge < -0.3 is 4.74 Å². The number of rotatable bonds is 3. The van der Waals surface area contributed by atoms with Gasteiger partial charge in [0.25, 0.3) is 0 Å². The van der Waals surface area contributed by atoms with E-state index in [9.17, 15) is 0 Å². The summed E-state index contributed by atoms with van der Waals surface area (Å²) < 4.78 is 7.66. The number of morpholine rings is 1. The summed E-state index contributed by atoms with van der Waals surface area (Å²) >= 11 is 6.26. The first kappa shape index (κ1) is 14.5. The van der Waals surface area contributed by atoms with Crippen molar-refractivity contribution in [2.75, 3.05) is 13.1 Å². The van der Waals surface area contributed by atoms with Crippen molar-refractivity contribution in [1.29, 1.82) is 0 Å². The van der Waals surface area contributed by atoms with Crippen molar-refractivity contribution in [2.45, 2.75) is 32.7 Å². The minimum absolute atomic E-state index is 0.237. The third-order valence-corrected chi connectivity index (χ3v) is 3.89. The van der Waals surface area contributed by atoms with E-state index >= 15 is 0 Å². The molecule has 2 heterocycles. The zero-order valence-electron chi connectivity index (χ0n) is 12.2. The predicted octanol–water partition coefficient (Wildman–Crippen LogP) is 2.67. The van der Waals surface area contributed by atoms with Gasteiger partial charge in [0, 0.05) is 18.7 Å². The second kappa shape index (κ2) is 6.13. The SMILES string of the molecule is C[C@@H]1CN(Cn2ncnc2-c2ccccc2Cl)C[C@H](C)O1. The summed E-state index contributed by atoms with van der Waals surface area (Å²) in [5.41, 5.74) is 0.908. The Morgan fingerprint density at radius 1 is 1.24 bits per heavy atom. The molecule has 2 aromatic rings. The number of halogens is 1. The molecule has 1 fully saturated rings. The lowest BCUT2D eigenvalue weighted by Gasteiger charge is -2.35. The second-order valence-corrected chi connectivity index (χ2v) is 5.90. The normalized spacial score (nSPS) is 23.4. The number of hydrogen-bond donors (Lipinski definition) is 0. The van der Waals surface area contributed by atoms with Crippen LogP contribution >= 0.6 is 11.6 Å². The zero-order chi connectivity index (χ0) is 14.8. The van der Waals surface area contributed by atoms with Gasteiger partial charge in [-0.15, -0.1) is 0 Å². The number of aromatic nitrogens is 3. The molecule has 6 heteroatoms. The molecule has 0 amide bonds. The van der Waals surface area contributed by atoms with Gasteiger partial charge in [0.1, 0.15) is 6.33 Å². The van der Waals surface area contributed by atoms with Crippen LogP contribution in [0.3, 0.4) is 0 Å². The highest BCUT2D eigenvalue weighted by molar-refractivity contribution is 6.33. The van der Waals surface area contributed by atoms with Crippen molar-refractivity contribution < 1.29 is 4.74 Å². The highest BCUT2D eigenvalue weighted by atomic mass is 35.5. The molecule has 112 valence electrons. The van der Waals surface area contributed by atoms with Gasteiger partial charge >= 0.3 is 0 Å². The van der Waals surface area contributed by atoms with Crippen LogP contribution < -0.4 is 0 Å². The Morgan fingerprint density at radius 2 is 1.95 bits per heavy atom. The minimum atomic E-state index is 0.237. The molecule has 1 aromatic carbocycles. The molecule has 5 nitrogen and oxygen atoms in total. The first-order chi connectivity index (χ1) is 10.1. The summed E-state index contributed by atoms with van der Waals surface area (Å²) in [6, 6.07) is 7.71. The molecular formula is C15H19ClN4O. The molecule has 0 unspecified atom stereocenters. The molecular weight excluding hydrogens is 288 g/mol. The minimum Gasteiger partial charge on any atom is -0.373 e. The standard InChI is InChI=1S/C15H19ClN4O/c1-11-7-19(8-12(2)21-11)10-20-15(17-9-18-20)13-5-3-4-6-14(13)16/h3-6,9,11-12H,7-8,10H2,1-2H3/t11-,12+. The monoisotopic (exact) mass is 306 g/mol. The fourth-order valence-electron chi connectivity index (χ4n) is 2.81. The van der Waals surface area contributed by atoms with Gasteiger partial charge in [-0.2, -0.15) is 5.10 Å². The van der Waals surface area contributed by atoms with Crippen LogP contribution in [0.5, 0.6) is 0 Å². The van der Waals surface area contributed by atoms with Crippen molar-refractivity contribution in [3.63, 3.8) is 0 Å². The van der Waals surface area contributed by atoms with Crippen LogP contribution in [0.15, 0.2) is 30.6 Å². The van der Waals surface area contributed by atoms with Crippen LogP contribution in [-0.2, 0) is 11.4 Å². The highest BCUT2D eigenvalue weighted by Gasteiger charge is 2.23. The topological polar surface area (TPSA) is 43.2 Å². The second-order valence-electron chi connectivity index (χ2n) is 5.50. The lowest BCUT2D eigenvalue weighted by Crippen LogP contribution is -2.46. The fourth-order valence-corrected chi connectivity index (χ4v) is 3.03. The van der Waals surface area contributed by atoms with Crippen molar-refractivity contribution in [2.24, 2.45) is 0 Å². The van der Waals surface area contributed by atoms with Crippen LogP contribution in [-0.4, -0.2) is 45.0 Å². The summed E-state index contributed by atoms with van der Waals surface area (Å²) in [4.78, 5) is 6.69. The third-order valence-electron chi connectivity index (χ3n) is 3.56. The molecule has 1 saturated heterocycles. The van der Waals surface area contributed by atoms with Gasteiger partial charge in [-0.05, 0) is 26.0 Å². The molecule has 0 aliphatic carbocycles. The molecule has 1 aromatic heterocycles. The molecule has 3 rings (SSSR count). The van der Waals surface area contributed by atoms with Gasteiger partial charge in [0.2, 0.25) is 0 Å². The van der Waals surface area contributed by atoms with Crippen molar-refractivity contribution in [3.8, 4) is 11.4 Å². The first-order valence-electron chi connectivity index (χ1n) is 7.14. The molecule has 21 heavy (non-hydrogen) atoms. The van der Waals surface area contributed by atoms with Crippen molar-refractivity contribution in [3.05, 3.63) is 35.6 Å². The van der Waals surface area contributed by atoms with Gasteiger partial charge in [0.05, 0.1) is 23.9 Å². The van der Waals surface area contributed by atoms with Crippen molar-refractivity contribution in [1.82, 2.24) is 19.7 Å². The summed E-state index contributed by atoms with van der Waals surface area (Å²) in [6.07, 6.45) is 2.05. The maximum atomic E-state index is 6.26. The molecule has 0 radical (unpaired) electrons. The highest BCUT2D eigenvalue weighted by Crippen LogP contribution is 2.25.